The van der Waals surface area contributed by atoms with Crippen molar-refractivity contribution in [3.63, 3.8) is 0 Å². The van der Waals surface area contributed by atoms with E-state index in [1.807, 2.05) is 11.0 Å². The van der Waals surface area contributed by atoms with Crippen LogP contribution in [0.2, 0.25) is 10.0 Å². The average Bonchev–Trinajstić information content (AvgIpc) is 2.65. The highest BCUT2D eigenvalue weighted by Crippen LogP contribution is 2.25. The van der Waals surface area contributed by atoms with Crippen molar-refractivity contribution in [2.24, 2.45) is 0 Å². The molecule has 1 fully saturated rings. The molecule has 1 aromatic heterocycles. The smallest absolute Gasteiger partial charge is 0.274 e. The molecule has 0 aliphatic carbocycles. The number of hydrogen-bond donors (Lipinski definition) is 1. The van der Waals surface area contributed by atoms with Crippen LogP contribution in [0.25, 0.3) is 0 Å². The summed E-state index contributed by atoms with van der Waals surface area (Å²) in [6, 6.07) is 8.43. The minimum absolute atomic E-state index is 0.0945. The maximum absolute atomic E-state index is 12.3. The third kappa shape index (κ3) is 4.26. The topological polar surface area (TPSA) is 65.5 Å². The minimum Gasteiger partial charge on any atom is -0.367 e. The van der Waals surface area contributed by atoms with Gasteiger partial charge in [-0.1, -0.05) is 23.2 Å². The van der Waals surface area contributed by atoms with E-state index in [-0.39, 0.29) is 11.8 Å². The first-order valence-electron chi connectivity index (χ1n) is 8.17. The van der Waals surface area contributed by atoms with Crippen molar-refractivity contribution in [3.05, 3.63) is 52.3 Å². The van der Waals surface area contributed by atoms with E-state index < -0.39 is 0 Å². The SMILES string of the molecule is CC(=O)N1CCN(c2ccc(C(=O)Nc3ccc(Cl)c(Cl)c3)nc2)CC1. The van der Waals surface area contributed by atoms with Crippen LogP contribution in [0, 0.1) is 0 Å². The number of aromatic nitrogens is 1. The van der Waals surface area contributed by atoms with Crippen molar-refractivity contribution in [3.8, 4) is 0 Å². The summed E-state index contributed by atoms with van der Waals surface area (Å²) in [6.07, 6.45) is 1.67. The number of piperazine rings is 1. The van der Waals surface area contributed by atoms with Crippen LogP contribution < -0.4 is 10.2 Å². The van der Waals surface area contributed by atoms with E-state index >= 15 is 0 Å². The Labute approximate surface area is 161 Å². The summed E-state index contributed by atoms with van der Waals surface area (Å²) in [5.41, 5.74) is 1.79. The fourth-order valence-corrected chi connectivity index (χ4v) is 3.05. The number of hydrogen-bond acceptors (Lipinski definition) is 4. The maximum Gasteiger partial charge on any atom is 0.274 e. The highest BCUT2D eigenvalue weighted by atomic mass is 35.5. The summed E-state index contributed by atoms with van der Waals surface area (Å²) in [5.74, 6) is -0.228. The Balaban J connectivity index is 1.63. The van der Waals surface area contributed by atoms with Gasteiger partial charge in [0.2, 0.25) is 5.91 Å². The largest absolute Gasteiger partial charge is 0.367 e. The van der Waals surface area contributed by atoms with Crippen LogP contribution in [0.3, 0.4) is 0 Å². The predicted octanol–water partition coefficient (Wildman–Crippen LogP) is 3.31. The standard InChI is InChI=1S/C18H18Cl2N4O2/c1-12(25)23-6-8-24(9-7-23)14-3-5-17(21-11-14)18(26)22-13-2-4-15(19)16(20)10-13/h2-5,10-11H,6-9H2,1H3,(H,22,26). The molecule has 0 radical (unpaired) electrons. The van der Waals surface area contributed by atoms with Crippen molar-refractivity contribution in [1.82, 2.24) is 9.88 Å². The normalized spacial score (nSPS) is 14.3. The van der Waals surface area contributed by atoms with Crippen LogP contribution in [-0.2, 0) is 4.79 Å². The first kappa shape index (κ1) is 18.5. The van der Waals surface area contributed by atoms with Crippen LogP contribution in [0.5, 0.6) is 0 Å². The molecular formula is C18H18Cl2N4O2. The molecule has 0 spiro atoms. The molecule has 2 amide bonds. The summed E-state index contributed by atoms with van der Waals surface area (Å²) >= 11 is 11.8. The molecule has 0 bridgehead atoms. The number of pyridine rings is 1. The molecular weight excluding hydrogens is 375 g/mol. The number of anilines is 2. The van der Waals surface area contributed by atoms with Crippen molar-refractivity contribution >= 4 is 46.4 Å². The Hall–Kier alpha value is -2.31. The predicted molar refractivity (Wildman–Crippen MR) is 103 cm³/mol. The lowest BCUT2D eigenvalue weighted by Crippen LogP contribution is -2.48. The van der Waals surface area contributed by atoms with E-state index in [1.165, 1.54) is 0 Å². The number of carbonyl (C=O) groups excluding carboxylic acids is 2. The molecule has 0 atom stereocenters. The van der Waals surface area contributed by atoms with E-state index in [1.54, 1.807) is 37.4 Å². The summed E-state index contributed by atoms with van der Waals surface area (Å²) in [4.78, 5) is 31.9. The fraction of sp³-hybridized carbons (Fsp3) is 0.278. The van der Waals surface area contributed by atoms with Gasteiger partial charge in [-0.2, -0.15) is 0 Å². The van der Waals surface area contributed by atoms with Gasteiger partial charge < -0.3 is 15.1 Å². The highest BCUT2D eigenvalue weighted by molar-refractivity contribution is 6.42. The van der Waals surface area contributed by atoms with E-state index in [2.05, 4.69) is 15.2 Å². The van der Waals surface area contributed by atoms with Gasteiger partial charge in [0.15, 0.2) is 0 Å². The second kappa shape index (κ2) is 7.93. The third-order valence-corrected chi connectivity index (χ3v) is 4.99. The summed E-state index contributed by atoms with van der Waals surface area (Å²) in [5, 5.41) is 3.54. The number of nitrogens with one attached hydrogen (secondary N) is 1. The zero-order chi connectivity index (χ0) is 18.7. The molecule has 6 nitrogen and oxygen atoms in total. The first-order chi connectivity index (χ1) is 12.4. The monoisotopic (exact) mass is 392 g/mol. The Bertz CT molecular complexity index is 818. The van der Waals surface area contributed by atoms with Crippen molar-refractivity contribution in [2.45, 2.75) is 6.92 Å². The summed E-state index contributed by atoms with van der Waals surface area (Å²) in [7, 11) is 0. The van der Waals surface area contributed by atoms with Crippen LogP contribution in [0.15, 0.2) is 36.5 Å². The Morgan fingerprint density at radius 1 is 1.04 bits per heavy atom. The lowest BCUT2D eigenvalue weighted by Gasteiger charge is -2.35. The van der Waals surface area contributed by atoms with Gasteiger partial charge in [0, 0.05) is 38.8 Å². The fourth-order valence-electron chi connectivity index (χ4n) is 2.76. The van der Waals surface area contributed by atoms with Gasteiger partial charge in [-0.3, -0.25) is 9.59 Å². The molecule has 2 aromatic rings. The van der Waals surface area contributed by atoms with Gasteiger partial charge in [-0.15, -0.1) is 0 Å². The number of nitrogens with zero attached hydrogens (tertiary/aromatic N) is 3. The number of rotatable bonds is 3. The molecule has 1 saturated heterocycles. The molecule has 136 valence electrons. The Kier molecular flexibility index (Phi) is 5.64. The lowest BCUT2D eigenvalue weighted by molar-refractivity contribution is -0.129. The van der Waals surface area contributed by atoms with Crippen LogP contribution >= 0.6 is 23.2 Å². The van der Waals surface area contributed by atoms with Gasteiger partial charge >= 0.3 is 0 Å². The summed E-state index contributed by atoms with van der Waals surface area (Å²) in [6.45, 7) is 4.45. The van der Waals surface area contributed by atoms with Crippen LogP contribution in [0.1, 0.15) is 17.4 Å². The van der Waals surface area contributed by atoms with Crippen molar-refractivity contribution in [2.75, 3.05) is 36.4 Å². The second-order valence-electron chi connectivity index (χ2n) is 5.98. The molecule has 8 heteroatoms. The van der Waals surface area contributed by atoms with E-state index in [0.29, 0.717) is 34.5 Å². The third-order valence-electron chi connectivity index (χ3n) is 4.25. The van der Waals surface area contributed by atoms with Crippen LogP contribution in [0.4, 0.5) is 11.4 Å². The molecule has 1 aliphatic heterocycles. The maximum atomic E-state index is 12.3. The van der Waals surface area contributed by atoms with Crippen molar-refractivity contribution in [1.29, 1.82) is 0 Å². The van der Waals surface area contributed by atoms with Gasteiger partial charge in [-0.05, 0) is 30.3 Å². The molecule has 1 N–H and O–H groups in total. The number of carbonyl (C=O) groups is 2. The molecule has 1 aliphatic rings. The number of amides is 2. The molecule has 26 heavy (non-hydrogen) atoms. The number of benzene rings is 1. The summed E-state index contributed by atoms with van der Waals surface area (Å²) < 4.78 is 0. The zero-order valence-electron chi connectivity index (χ0n) is 14.2. The quantitative estimate of drug-likeness (QED) is 0.869. The lowest BCUT2D eigenvalue weighted by atomic mass is 10.2. The first-order valence-corrected chi connectivity index (χ1v) is 8.92. The van der Waals surface area contributed by atoms with Crippen molar-refractivity contribution < 1.29 is 9.59 Å². The molecule has 1 aromatic carbocycles. The second-order valence-corrected chi connectivity index (χ2v) is 6.79. The molecule has 3 rings (SSSR count). The Morgan fingerprint density at radius 3 is 2.35 bits per heavy atom. The number of halogens is 2. The van der Waals surface area contributed by atoms with Gasteiger partial charge in [0.25, 0.3) is 5.91 Å². The molecule has 0 saturated carbocycles. The molecule has 2 heterocycles. The minimum atomic E-state index is -0.323. The van der Waals surface area contributed by atoms with E-state index in [9.17, 15) is 9.59 Å². The zero-order valence-corrected chi connectivity index (χ0v) is 15.7. The molecule has 0 unspecified atom stereocenters. The van der Waals surface area contributed by atoms with Gasteiger partial charge in [-0.25, -0.2) is 4.98 Å². The van der Waals surface area contributed by atoms with Gasteiger partial charge in [0.05, 0.1) is 21.9 Å². The van der Waals surface area contributed by atoms with Gasteiger partial charge in [0.1, 0.15) is 5.69 Å². The van der Waals surface area contributed by atoms with E-state index in [4.69, 9.17) is 23.2 Å². The van der Waals surface area contributed by atoms with Crippen LogP contribution in [-0.4, -0.2) is 47.9 Å². The highest BCUT2D eigenvalue weighted by Gasteiger charge is 2.19. The van der Waals surface area contributed by atoms with E-state index in [0.717, 1.165) is 18.8 Å². The average molecular weight is 393 g/mol. The Morgan fingerprint density at radius 2 is 1.77 bits per heavy atom.